The molecule has 2 aliphatic rings. The molecular formula is C17H31N3O3. The minimum absolute atomic E-state index is 0.178. The van der Waals surface area contributed by atoms with Gasteiger partial charge in [-0.05, 0) is 52.9 Å². The molecule has 1 heterocycles. The van der Waals surface area contributed by atoms with Crippen LogP contribution in [0.2, 0.25) is 0 Å². The lowest BCUT2D eigenvalue weighted by Gasteiger charge is -2.37. The SMILES string of the molecule is CC(C)(C)OC(=O)N1CCCCC1CNCCNC(=O)C1CC1. The van der Waals surface area contributed by atoms with Crippen molar-refractivity contribution in [1.29, 1.82) is 0 Å². The zero-order valence-corrected chi connectivity index (χ0v) is 14.7. The molecule has 0 aromatic rings. The van der Waals surface area contributed by atoms with Crippen LogP contribution in [0.5, 0.6) is 0 Å². The Morgan fingerprint density at radius 1 is 1.13 bits per heavy atom. The van der Waals surface area contributed by atoms with E-state index in [2.05, 4.69) is 10.6 Å². The fourth-order valence-electron chi connectivity index (χ4n) is 2.81. The van der Waals surface area contributed by atoms with Gasteiger partial charge in [0.25, 0.3) is 0 Å². The maximum Gasteiger partial charge on any atom is 0.410 e. The first-order valence-corrected chi connectivity index (χ1v) is 8.85. The average Bonchev–Trinajstić information content (AvgIpc) is 3.30. The molecule has 0 bridgehead atoms. The van der Waals surface area contributed by atoms with Gasteiger partial charge in [-0.1, -0.05) is 0 Å². The van der Waals surface area contributed by atoms with Crippen LogP contribution in [0.3, 0.4) is 0 Å². The summed E-state index contributed by atoms with van der Waals surface area (Å²) in [7, 11) is 0. The Morgan fingerprint density at radius 2 is 1.87 bits per heavy atom. The second-order valence-corrected chi connectivity index (χ2v) is 7.59. The van der Waals surface area contributed by atoms with E-state index in [4.69, 9.17) is 4.74 Å². The third-order valence-corrected chi connectivity index (χ3v) is 4.18. The van der Waals surface area contributed by atoms with Crippen LogP contribution in [0.4, 0.5) is 4.79 Å². The Kier molecular flexibility index (Phi) is 6.27. The number of hydrogen-bond donors (Lipinski definition) is 2. The van der Waals surface area contributed by atoms with Crippen molar-refractivity contribution in [2.24, 2.45) is 5.92 Å². The zero-order chi connectivity index (χ0) is 16.9. The van der Waals surface area contributed by atoms with Crippen LogP contribution in [-0.4, -0.2) is 54.7 Å². The topological polar surface area (TPSA) is 70.7 Å². The molecule has 1 atom stereocenters. The van der Waals surface area contributed by atoms with E-state index in [0.29, 0.717) is 6.54 Å². The molecule has 23 heavy (non-hydrogen) atoms. The summed E-state index contributed by atoms with van der Waals surface area (Å²) in [6.07, 6.45) is 5.03. The van der Waals surface area contributed by atoms with Crippen molar-refractivity contribution in [3.8, 4) is 0 Å². The van der Waals surface area contributed by atoms with Gasteiger partial charge in [-0.25, -0.2) is 4.79 Å². The highest BCUT2D eigenvalue weighted by Crippen LogP contribution is 2.28. The van der Waals surface area contributed by atoms with E-state index in [1.807, 2.05) is 25.7 Å². The van der Waals surface area contributed by atoms with Crippen molar-refractivity contribution < 1.29 is 14.3 Å². The quantitative estimate of drug-likeness (QED) is 0.732. The fourth-order valence-corrected chi connectivity index (χ4v) is 2.81. The van der Waals surface area contributed by atoms with Crippen LogP contribution in [0.15, 0.2) is 0 Å². The monoisotopic (exact) mass is 325 g/mol. The second-order valence-electron chi connectivity index (χ2n) is 7.59. The Hall–Kier alpha value is -1.30. The molecule has 1 aliphatic carbocycles. The molecule has 6 nitrogen and oxygen atoms in total. The van der Waals surface area contributed by atoms with E-state index in [-0.39, 0.29) is 24.0 Å². The molecule has 2 rings (SSSR count). The van der Waals surface area contributed by atoms with Gasteiger partial charge in [-0.3, -0.25) is 4.79 Å². The Labute approximate surface area is 139 Å². The Morgan fingerprint density at radius 3 is 2.52 bits per heavy atom. The largest absolute Gasteiger partial charge is 0.444 e. The van der Waals surface area contributed by atoms with Crippen LogP contribution in [0.25, 0.3) is 0 Å². The first kappa shape index (κ1) is 18.0. The average molecular weight is 325 g/mol. The second kappa shape index (κ2) is 7.99. The lowest BCUT2D eigenvalue weighted by molar-refractivity contribution is -0.122. The number of carbonyl (C=O) groups is 2. The minimum Gasteiger partial charge on any atom is -0.444 e. The molecule has 1 unspecified atom stereocenters. The van der Waals surface area contributed by atoms with E-state index in [1.165, 1.54) is 0 Å². The maximum absolute atomic E-state index is 12.3. The Balaban J connectivity index is 1.68. The molecule has 2 amide bonds. The van der Waals surface area contributed by atoms with Gasteiger partial charge in [0, 0.05) is 38.1 Å². The fraction of sp³-hybridized carbons (Fsp3) is 0.882. The van der Waals surface area contributed by atoms with Crippen LogP contribution < -0.4 is 10.6 Å². The predicted molar refractivity (Wildman–Crippen MR) is 89.2 cm³/mol. The maximum atomic E-state index is 12.3. The van der Waals surface area contributed by atoms with Gasteiger partial charge in [-0.15, -0.1) is 0 Å². The number of amides is 2. The summed E-state index contributed by atoms with van der Waals surface area (Å²) >= 11 is 0. The van der Waals surface area contributed by atoms with Crippen LogP contribution in [-0.2, 0) is 9.53 Å². The number of carbonyl (C=O) groups excluding carboxylic acids is 2. The summed E-state index contributed by atoms with van der Waals surface area (Å²) in [4.78, 5) is 25.7. The van der Waals surface area contributed by atoms with E-state index in [1.54, 1.807) is 0 Å². The number of hydrogen-bond acceptors (Lipinski definition) is 4. The first-order valence-electron chi connectivity index (χ1n) is 8.85. The number of nitrogens with one attached hydrogen (secondary N) is 2. The summed E-state index contributed by atoms with van der Waals surface area (Å²) in [6, 6.07) is 0.178. The molecule has 2 N–H and O–H groups in total. The molecule has 1 saturated heterocycles. The van der Waals surface area contributed by atoms with Crippen LogP contribution in [0.1, 0.15) is 52.9 Å². The van der Waals surface area contributed by atoms with E-state index in [0.717, 1.165) is 51.7 Å². The Bertz CT molecular complexity index is 416. The summed E-state index contributed by atoms with van der Waals surface area (Å²) < 4.78 is 5.50. The van der Waals surface area contributed by atoms with Crippen molar-refractivity contribution in [3.05, 3.63) is 0 Å². The number of rotatable bonds is 6. The summed E-state index contributed by atoms with van der Waals surface area (Å²) in [5.41, 5.74) is -0.459. The highest BCUT2D eigenvalue weighted by atomic mass is 16.6. The number of nitrogens with zero attached hydrogens (tertiary/aromatic N) is 1. The van der Waals surface area contributed by atoms with Crippen molar-refractivity contribution in [2.75, 3.05) is 26.2 Å². The van der Waals surface area contributed by atoms with Crippen LogP contribution in [0, 0.1) is 5.92 Å². The molecule has 132 valence electrons. The van der Waals surface area contributed by atoms with Gasteiger partial charge < -0.3 is 20.3 Å². The molecule has 0 radical (unpaired) electrons. The third kappa shape index (κ3) is 6.37. The molecule has 6 heteroatoms. The smallest absolute Gasteiger partial charge is 0.410 e. The van der Waals surface area contributed by atoms with Gasteiger partial charge >= 0.3 is 6.09 Å². The zero-order valence-electron chi connectivity index (χ0n) is 14.7. The van der Waals surface area contributed by atoms with E-state index >= 15 is 0 Å². The minimum atomic E-state index is -0.459. The molecule has 0 aromatic carbocycles. The van der Waals surface area contributed by atoms with Gasteiger partial charge in [0.05, 0.1) is 0 Å². The molecule has 2 fully saturated rings. The number of ether oxygens (including phenoxy) is 1. The van der Waals surface area contributed by atoms with E-state index in [9.17, 15) is 9.59 Å². The lowest BCUT2D eigenvalue weighted by atomic mass is 10.0. The molecule has 1 aliphatic heterocycles. The highest BCUT2D eigenvalue weighted by Gasteiger charge is 2.30. The van der Waals surface area contributed by atoms with Gasteiger partial charge in [0.15, 0.2) is 0 Å². The summed E-state index contributed by atoms with van der Waals surface area (Å²) in [5, 5.41) is 6.29. The van der Waals surface area contributed by atoms with Crippen molar-refractivity contribution in [2.45, 2.75) is 64.5 Å². The standard InChI is InChI=1S/C17H31N3O3/c1-17(2,3)23-16(22)20-11-5-4-6-14(20)12-18-9-10-19-15(21)13-7-8-13/h13-14,18H,4-12H2,1-3H3,(H,19,21). The van der Waals surface area contributed by atoms with E-state index < -0.39 is 5.60 Å². The number of likely N-dealkylation sites (tertiary alicyclic amines) is 1. The molecule has 0 aromatic heterocycles. The van der Waals surface area contributed by atoms with Crippen LogP contribution >= 0.6 is 0 Å². The molecule has 0 spiro atoms. The summed E-state index contributed by atoms with van der Waals surface area (Å²) in [6.45, 7) is 8.57. The summed E-state index contributed by atoms with van der Waals surface area (Å²) in [5.74, 6) is 0.441. The number of piperidine rings is 1. The van der Waals surface area contributed by atoms with Crippen molar-refractivity contribution in [3.63, 3.8) is 0 Å². The van der Waals surface area contributed by atoms with Gasteiger partial charge in [0.1, 0.15) is 5.60 Å². The lowest BCUT2D eigenvalue weighted by Crippen LogP contribution is -2.50. The van der Waals surface area contributed by atoms with Gasteiger partial charge in [-0.2, -0.15) is 0 Å². The third-order valence-electron chi connectivity index (χ3n) is 4.18. The first-order chi connectivity index (χ1) is 10.9. The molecular weight excluding hydrogens is 294 g/mol. The molecule has 1 saturated carbocycles. The normalized spacial score (nSPS) is 21.9. The highest BCUT2D eigenvalue weighted by molar-refractivity contribution is 5.80. The predicted octanol–water partition coefficient (Wildman–Crippen LogP) is 1.89. The van der Waals surface area contributed by atoms with Crippen molar-refractivity contribution >= 4 is 12.0 Å². The van der Waals surface area contributed by atoms with Crippen molar-refractivity contribution in [1.82, 2.24) is 15.5 Å². The van der Waals surface area contributed by atoms with Gasteiger partial charge in [0.2, 0.25) is 5.91 Å².